The smallest absolute Gasteiger partial charge is 0.387 e. The molecule has 3 N–H and O–H groups in total. The summed E-state index contributed by atoms with van der Waals surface area (Å²) >= 11 is 0. The molecule has 0 radical (unpaired) electrons. The highest BCUT2D eigenvalue weighted by molar-refractivity contribution is 7.47. The summed E-state index contributed by atoms with van der Waals surface area (Å²) in [6.07, 6.45) is 56.3. The lowest BCUT2D eigenvalue weighted by Crippen LogP contribution is -2.45. The molecule has 0 bridgehead atoms. The molecule has 0 heterocycles. The number of hydrogen-bond acceptors (Lipinski definition) is 5. The Morgan fingerprint density at radius 2 is 1.05 bits per heavy atom. The molecule has 8 nitrogen and oxygen atoms in total. The van der Waals surface area contributed by atoms with Crippen LogP contribution in [-0.2, 0) is 18.4 Å². The van der Waals surface area contributed by atoms with Crippen molar-refractivity contribution in [2.24, 2.45) is 0 Å². The van der Waals surface area contributed by atoms with Gasteiger partial charge in [0, 0.05) is 6.42 Å². The van der Waals surface area contributed by atoms with E-state index in [0.29, 0.717) is 17.4 Å². The fourth-order valence-electron chi connectivity index (χ4n) is 5.70. The number of amides is 1. The zero-order chi connectivity index (χ0) is 42.8. The van der Waals surface area contributed by atoms with Gasteiger partial charge in [0.15, 0.2) is 0 Å². The van der Waals surface area contributed by atoms with Crippen LogP contribution >= 0.6 is 7.82 Å². The number of likely N-dealkylation sites (N-methyl/N-ethyl adjacent to an activating group) is 1. The lowest BCUT2D eigenvalue weighted by atomic mass is 10.1. The average molecular weight is 830 g/mol. The van der Waals surface area contributed by atoms with Gasteiger partial charge in [0.05, 0.1) is 39.9 Å². The molecule has 1 amide bonds. The quantitative estimate of drug-likeness (QED) is 0.0247. The van der Waals surface area contributed by atoms with Crippen molar-refractivity contribution in [1.82, 2.24) is 5.32 Å². The summed E-state index contributed by atoms with van der Waals surface area (Å²) in [6, 6.07) is -0.892. The zero-order valence-corrected chi connectivity index (χ0v) is 38.4. The van der Waals surface area contributed by atoms with Crippen LogP contribution in [0.5, 0.6) is 0 Å². The second-order valence-corrected chi connectivity index (χ2v) is 17.5. The molecule has 9 heteroatoms. The van der Waals surface area contributed by atoms with E-state index in [-0.39, 0.29) is 25.5 Å². The van der Waals surface area contributed by atoms with Crippen LogP contribution < -0.4 is 5.32 Å². The van der Waals surface area contributed by atoms with E-state index in [1.165, 1.54) is 57.8 Å². The van der Waals surface area contributed by atoms with Crippen molar-refractivity contribution in [1.29, 1.82) is 0 Å². The summed E-state index contributed by atoms with van der Waals surface area (Å²) in [5.74, 6) is -0.234. The number of allylic oxidation sites excluding steroid dienone is 15. The van der Waals surface area contributed by atoms with Crippen molar-refractivity contribution < 1.29 is 32.9 Å². The third-order valence-corrected chi connectivity index (χ3v) is 10.3. The SMILES string of the molecule is CC/C=C\C/C=C\C/C=C\C/C=C\C/C=C\C/C=C\CCCCC(=O)NC(COP(=O)(O)OCC[N+](C)(C)C)C(O)/C=C/CC/C=C/CCCCCCCCCCC. The van der Waals surface area contributed by atoms with E-state index in [1.807, 2.05) is 27.2 Å². The number of phosphoric ester groups is 1. The molecule has 0 spiro atoms. The first-order valence-corrected chi connectivity index (χ1v) is 24.1. The van der Waals surface area contributed by atoms with Crippen LogP contribution in [0.1, 0.15) is 155 Å². The highest BCUT2D eigenvalue weighted by atomic mass is 31.2. The molecule has 0 aromatic rings. The van der Waals surface area contributed by atoms with Crippen LogP contribution in [0, 0.1) is 0 Å². The summed E-state index contributed by atoms with van der Waals surface area (Å²) in [5, 5.41) is 13.8. The zero-order valence-electron chi connectivity index (χ0n) is 37.5. The predicted octanol–water partition coefficient (Wildman–Crippen LogP) is 12.7. The van der Waals surface area contributed by atoms with Gasteiger partial charge in [-0.25, -0.2) is 4.57 Å². The summed E-state index contributed by atoms with van der Waals surface area (Å²) < 4.78 is 23.5. The van der Waals surface area contributed by atoms with Crippen LogP contribution in [0.3, 0.4) is 0 Å². The largest absolute Gasteiger partial charge is 0.472 e. The maximum atomic E-state index is 12.9. The van der Waals surface area contributed by atoms with Gasteiger partial charge in [0.25, 0.3) is 0 Å². The Labute approximate surface area is 356 Å². The maximum Gasteiger partial charge on any atom is 0.472 e. The number of unbranched alkanes of at least 4 members (excludes halogenated alkanes) is 12. The van der Waals surface area contributed by atoms with Gasteiger partial charge in [-0.3, -0.25) is 13.8 Å². The van der Waals surface area contributed by atoms with Crippen molar-refractivity contribution in [2.75, 3.05) is 40.9 Å². The first-order valence-electron chi connectivity index (χ1n) is 22.6. The number of carbonyl (C=O) groups is 1. The van der Waals surface area contributed by atoms with E-state index in [2.05, 4.69) is 104 Å². The molecule has 3 unspecified atom stereocenters. The van der Waals surface area contributed by atoms with Gasteiger partial charge >= 0.3 is 7.82 Å². The van der Waals surface area contributed by atoms with E-state index < -0.39 is 20.0 Å². The number of rotatable bonds is 39. The van der Waals surface area contributed by atoms with Crippen molar-refractivity contribution in [3.63, 3.8) is 0 Å². The Kier molecular flexibility index (Phi) is 38.1. The molecule has 0 rings (SSSR count). The predicted molar refractivity (Wildman–Crippen MR) is 249 cm³/mol. The Hall–Kier alpha value is -2.58. The number of aliphatic hydroxyl groups is 1. The lowest BCUT2D eigenvalue weighted by Gasteiger charge is -2.25. The van der Waals surface area contributed by atoms with E-state index in [9.17, 15) is 19.4 Å². The monoisotopic (exact) mass is 830 g/mol. The van der Waals surface area contributed by atoms with Crippen molar-refractivity contribution in [2.45, 2.75) is 167 Å². The fraction of sp³-hybridized carbons (Fsp3) is 0.653. The van der Waals surface area contributed by atoms with E-state index >= 15 is 0 Å². The molecule has 332 valence electrons. The van der Waals surface area contributed by atoms with Crippen molar-refractivity contribution in [3.05, 3.63) is 97.2 Å². The summed E-state index contributed by atoms with van der Waals surface area (Å²) in [7, 11) is 1.51. The Morgan fingerprint density at radius 3 is 1.59 bits per heavy atom. The molecule has 0 saturated carbocycles. The van der Waals surface area contributed by atoms with Crippen LogP contribution in [0.25, 0.3) is 0 Å². The number of aliphatic hydroxyl groups excluding tert-OH is 1. The topological polar surface area (TPSA) is 105 Å². The molecule has 0 fully saturated rings. The molecule has 0 aliphatic carbocycles. The molecule has 0 aliphatic rings. The van der Waals surface area contributed by atoms with Gasteiger partial charge in [-0.1, -0.05) is 162 Å². The number of nitrogens with zero attached hydrogens (tertiary/aromatic N) is 1. The standard InChI is InChI=1S/C49H85N2O6P/c1-6-8-10-12-14-16-18-20-22-23-24-25-26-27-29-31-33-35-37-39-41-43-49(53)50-47(46-57-58(54,55)56-45-44-51(3,4)5)48(52)42-40-38-36-34-32-30-28-21-19-17-15-13-11-9-7-2/h8,10,14,16,20,22,24-25,27,29,32-35,40,42,47-48,52H,6-7,9,11-13,15,17-19,21,23,26,28,30-31,36-39,41,43-46H2,1-5H3,(H-,50,53,54,55)/p+1/b10-8-,16-14-,22-20-,25-24-,29-27-,34-32+,35-33-,42-40+. The van der Waals surface area contributed by atoms with Crippen LogP contribution in [0.15, 0.2) is 97.2 Å². The molecule has 0 aromatic carbocycles. The summed E-state index contributed by atoms with van der Waals surface area (Å²) in [6.45, 7) is 4.61. The molecule has 0 aliphatic heterocycles. The number of hydrogen-bond donors (Lipinski definition) is 3. The average Bonchev–Trinajstić information content (AvgIpc) is 3.17. The second kappa shape index (κ2) is 39.9. The van der Waals surface area contributed by atoms with Crippen LogP contribution in [0.2, 0.25) is 0 Å². The molecular weight excluding hydrogens is 744 g/mol. The van der Waals surface area contributed by atoms with Gasteiger partial charge < -0.3 is 19.8 Å². The number of quaternary nitrogens is 1. The Bertz CT molecular complexity index is 1260. The van der Waals surface area contributed by atoms with E-state index in [1.54, 1.807) is 6.08 Å². The van der Waals surface area contributed by atoms with Crippen LogP contribution in [-0.4, -0.2) is 73.4 Å². The third kappa shape index (κ3) is 41.6. The van der Waals surface area contributed by atoms with Crippen molar-refractivity contribution >= 4 is 13.7 Å². The molecule has 3 atom stereocenters. The fourth-order valence-corrected chi connectivity index (χ4v) is 6.44. The number of phosphoric acid groups is 1. The number of nitrogens with one attached hydrogen (secondary N) is 1. The van der Waals surface area contributed by atoms with Crippen molar-refractivity contribution in [3.8, 4) is 0 Å². The van der Waals surface area contributed by atoms with Gasteiger partial charge in [-0.2, -0.15) is 0 Å². The normalized spacial score (nSPS) is 15.2. The second-order valence-electron chi connectivity index (χ2n) is 16.0. The van der Waals surface area contributed by atoms with E-state index in [4.69, 9.17) is 9.05 Å². The minimum absolute atomic E-state index is 0.0418. The lowest BCUT2D eigenvalue weighted by molar-refractivity contribution is -0.870. The minimum Gasteiger partial charge on any atom is -0.387 e. The Morgan fingerprint density at radius 1 is 0.603 bits per heavy atom. The van der Waals surface area contributed by atoms with Gasteiger partial charge in [0.2, 0.25) is 5.91 Å². The number of carbonyl (C=O) groups excluding carboxylic acids is 1. The summed E-state index contributed by atoms with van der Waals surface area (Å²) in [4.78, 5) is 23.1. The third-order valence-electron chi connectivity index (χ3n) is 9.29. The van der Waals surface area contributed by atoms with E-state index in [0.717, 1.165) is 70.6 Å². The highest BCUT2D eigenvalue weighted by Gasteiger charge is 2.27. The molecule has 58 heavy (non-hydrogen) atoms. The van der Waals surface area contributed by atoms with Gasteiger partial charge in [0.1, 0.15) is 13.2 Å². The molecule has 0 aromatic heterocycles. The first-order chi connectivity index (χ1) is 28.0. The van der Waals surface area contributed by atoms with Crippen LogP contribution in [0.4, 0.5) is 0 Å². The summed E-state index contributed by atoms with van der Waals surface area (Å²) in [5.41, 5.74) is 0. The van der Waals surface area contributed by atoms with Gasteiger partial charge in [-0.05, 0) is 83.5 Å². The molecular formula is C49H86N2O6P+. The minimum atomic E-state index is -4.36. The Balaban J connectivity index is 4.57. The first kappa shape index (κ1) is 55.4. The molecule has 0 saturated heterocycles. The maximum absolute atomic E-state index is 12.9. The van der Waals surface area contributed by atoms with Gasteiger partial charge in [-0.15, -0.1) is 0 Å². The highest BCUT2D eigenvalue weighted by Crippen LogP contribution is 2.43.